The van der Waals surface area contributed by atoms with E-state index in [9.17, 15) is 0 Å². The summed E-state index contributed by atoms with van der Waals surface area (Å²) < 4.78 is 0. The summed E-state index contributed by atoms with van der Waals surface area (Å²) in [6.07, 6.45) is 6.37. The van der Waals surface area contributed by atoms with Gasteiger partial charge in [0.25, 0.3) is 0 Å². The summed E-state index contributed by atoms with van der Waals surface area (Å²) in [6, 6.07) is 6.59. The molecule has 0 spiro atoms. The Morgan fingerprint density at radius 1 is 1.38 bits per heavy atom. The fourth-order valence-corrected chi connectivity index (χ4v) is 3.42. The van der Waals surface area contributed by atoms with E-state index in [0.717, 1.165) is 22.8 Å². The summed E-state index contributed by atoms with van der Waals surface area (Å²) >= 11 is 11.5. The van der Waals surface area contributed by atoms with Crippen molar-refractivity contribution in [3.63, 3.8) is 0 Å². The van der Waals surface area contributed by atoms with E-state index in [4.69, 9.17) is 29.6 Å². The molecule has 0 saturated heterocycles. The first kappa shape index (κ1) is 16.6. The van der Waals surface area contributed by atoms with Gasteiger partial charge in [-0.2, -0.15) is 0 Å². The van der Waals surface area contributed by atoms with Crippen LogP contribution in [0.3, 0.4) is 0 Å². The van der Waals surface area contributed by atoms with Crippen molar-refractivity contribution in [1.82, 2.24) is 0 Å². The highest BCUT2D eigenvalue weighted by molar-refractivity contribution is 7.80. The zero-order chi connectivity index (χ0) is 15.4. The Morgan fingerprint density at radius 2 is 2.05 bits per heavy atom. The van der Waals surface area contributed by atoms with Crippen LogP contribution in [0.5, 0.6) is 0 Å². The number of benzene rings is 1. The molecule has 0 radical (unpaired) electrons. The average Bonchev–Trinajstić information content (AvgIpc) is 2.94. The van der Waals surface area contributed by atoms with Crippen LogP contribution in [-0.4, -0.2) is 17.6 Å². The summed E-state index contributed by atoms with van der Waals surface area (Å²) in [5.74, 6) is 0.698. The van der Waals surface area contributed by atoms with Gasteiger partial charge in [-0.25, -0.2) is 0 Å². The van der Waals surface area contributed by atoms with Crippen LogP contribution in [0.2, 0.25) is 5.02 Å². The third-order valence-corrected chi connectivity index (χ3v) is 4.79. The zero-order valence-corrected chi connectivity index (χ0v) is 14.5. The minimum Gasteiger partial charge on any atom is -0.389 e. The first-order valence-corrected chi connectivity index (χ1v) is 8.63. The molecule has 0 amide bonds. The van der Waals surface area contributed by atoms with Crippen LogP contribution in [-0.2, 0) is 0 Å². The first-order valence-electron chi connectivity index (χ1n) is 7.85. The van der Waals surface area contributed by atoms with Gasteiger partial charge in [-0.1, -0.05) is 50.5 Å². The standard InChI is InChI=1S/C17H25ClN2S/c1-12(2)9-10-20(14-5-3-4-6-14)16-8-7-13(17(19)21)11-15(16)18/h7-8,11-12,14H,3-6,9-10H2,1-2H3,(H2,19,21). The van der Waals surface area contributed by atoms with Gasteiger partial charge in [0.15, 0.2) is 0 Å². The Hall–Kier alpha value is -0.800. The van der Waals surface area contributed by atoms with Crippen molar-refractivity contribution >= 4 is 34.5 Å². The van der Waals surface area contributed by atoms with E-state index in [-0.39, 0.29) is 0 Å². The van der Waals surface area contributed by atoms with Crippen molar-refractivity contribution in [2.45, 2.75) is 52.0 Å². The molecule has 0 aromatic heterocycles. The van der Waals surface area contributed by atoms with Crippen LogP contribution < -0.4 is 10.6 Å². The molecule has 1 aliphatic rings. The molecule has 0 atom stereocenters. The van der Waals surface area contributed by atoms with Gasteiger partial charge in [-0.15, -0.1) is 0 Å². The smallest absolute Gasteiger partial charge is 0.104 e. The maximum Gasteiger partial charge on any atom is 0.104 e. The Labute approximate surface area is 138 Å². The van der Waals surface area contributed by atoms with Crippen LogP contribution in [0.25, 0.3) is 0 Å². The van der Waals surface area contributed by atoms with E-state index in [2.05, 4.69) is 24.8 Å². The van der Waals surface area contributed by atoms with E-state index in [1.165, 1.54) is 32.1 Å². The zero-order valence-electron chi connectivity index (χ0n) is 12.9. The maximum absolute atomic E-state index is 6.51. The van der Waals surface area contributed by atoms with Gasteiger partial charge < -0.3 is 10.6 Å². The van der Waals surface area contributed by atoms with E-state index in [0.29, 0.717) is 16.9 Å². The number of nitrogens with two attached hydrogens (primary N) is 1. The number of anilines is 1. The third-order valence-electron chi connectivity index (χ3n) is 4.25. The maximum atomic E-state index is 6.51. The van der Waals surface area contributed by atoms with Crippen LogP contribution in [0, 0.1) is 5.92 Å². The van der Waals surface area contributed by atoms with Gasteiger partial charge in [0.1, 0.15) is 4.99 Å². The van der Waals surface area contributed by atoms with E-state index >= 15 is 0 Å². The molecular weight excluding hydrogens is 300 g/mol. The Kier molecular flexibility index (Phi) is 5.88. The number of thiocarbonyl (C=S) groups is 1. The molecule has 2 rings (SSSR count). The lowest BCUT2D eigenvalue weighted by Crippen LogP contribution is -2.35. The number of rotatable bonds is 6. The lowest BCUT2D eigenvalue weighted by Gasteiger charge is -2.32. The molecule has 1 aromatic rings. The Bertz CT molecular complexity index is 496. The minimum atomic E-state index is 0.401. The molecule has 1 fully saturated rings. The Balaban J connectivity index is 2.24. The molecule has 1 saturated carbocycles. The highest BCUT2D eigenvalue weighted by atomic mass is 35.5. The molecule has 0 aliphatic heterocycles. The summed E-state index contributed by atoms with van der Waals surface area (Å²) in [5.41, 5.74) is 7.66. The van der Waals surface area contributed by atoms with E-state index in [1.54, 1.807) is 0 Å². The van der Waals surface area contributed by atoms with Gasteiger partial charge in [0, 0.05) is 18.2 Å². The summed E-state index contributed by atoms with van der Waals surface area (Å²) in [5, 5.41) is 0.760. The van der Waals surface area contributed by atoms with Gasteiger partial charge in [-0.05, 0) is 43.4 Å². The number of hydrogen-bond donors (Lipinski definition) is 1. The molecular formula is C17H25ClN2S. The average molecular weight is 325 g/mol. The SMILES string of the molecule is CC(C)CCN(c1ccc(C(N)=S)cc1Cl)C1CCCC1. The molecule has 0 heterocycles. The number of nitrogens with zero attached hydrogens (tertiary/aromatic N) is 1. The molecule has 2 N–H and O–H groups in total. The third kappa shape index (κ3) is 4.33. The topological polar surface area (TPSA) is 29.3 Å². The second-order valence-electron chi connectivity index (χ2n) is 6.34. The van der Waals surface area contributed by atoms with Gasteiger partial charge in [-0.3, -0.25) is 0 Å². The largest absolute Gasteiger partial charge is 0.389 e. The van der Waals surface area contributed by atoms with Crippen molar-refractivity contribution in [1.29, 1.82) is 0 Å². The van der Waals surface area contributed by atoms with Crippen LogP contribution in [0.15, 0.2) is 18.2 Å². The minimum absolute atomic E-state index is 0.401. The van der Waals surface area contributed by atoms with Gasteiger partial charge in [0.05, 0.1) is 10.7 Å². The first-order chi connectivity index (χ1) is 9.99. The lowest BCUT2D eigenvalue weighted by atomic mass is 10.1. The summed E-state index contributed by atoms with van der Waals surface area (Å²) in [7, 11) is 0. The number of halogens is 1. The normalized spacial score (nSPS) is 15.6. The predicted molar refractivity (Wildman–Crippen MR) is 96.4 cm³/mol. The number of hydrogen-bond acceptors (Lipinski definition) is 2. The summed E-state index contributed by atoms with van der Waals surface area (Å²) in [6.45, 7) is 5.60. The fraction of sp³-hybridized carbons (Fsp3) is 0.588. The summed E-state index contributed by atoms with van der Waals surface area (Å²) in [4.78, 5) is 2.90. The van der Waals surface area contributed by atoms with E-state index < -0.39 is 0 Å². The highest BCUT2D eigenvalue weighted by Crippen LogP contribution is 2.34. The van der Waals surface area contributed by atoms with Gasteiger partial charge in [0.2, 0.25) is 0 Å². The van der Waals surface area contributed by atoms with Crippen molar-refractivity contribution in [3.05, 3.63) is 28.8 Å². The molecule has 116 valence electrons. The molecule has 1 aliphatic carbocycles. The van der Waals surface area contributed by atoms with Crippen molar-refractivity contribution in [2.24, 2.45) is 11.7 Å². The highest BCUT2D eigenvalue weighted by Gasteiger charge is 2.24. The van der Waals surface area contributed by atoms with Crippen LogP contribution in [0.1, 0.15) is 51.5 Å². The molecule has 0 unspecified atom stereocenters. The molecule has 1 aromatic carbocycles. The van der Waals surface area contributed by atoms with Gasteiger partial charge >= 0.3 is 0 Å². The lowest BCUT2D eigenvalue weighted by molar-refractivity contribution is 0.528. The molecule has 4 heteroatoms. The monoisotopic (exact) mass is 324 g/mol. The van der Waals surface area contributed by atoms with Crippen molar-refractivity contribution in [2.75, 3.05) is 11.4 Å². The van der Waals surface area contributed by atoms with Crippen LogP contribution in [0.4, 0.5) is 5.69 Å². The molecule has 0 bridgehead atoms. The van der Waals surface area contributed by atoms with Crippen LogP contribution >= 0.6 is 23.8 Å². The second-order valence-corrected chi connectivity index (χ2v) is 7.19. The fourth-order valence-electron chi connectivity index (χ4n) is 3.01. The van der Waals surface area contributed by atoms with E-state index in [1.807, 2.05) is 12.1 Å². The molecule has 2 nitrogen and oxygen atoms in total. The predicted octanol–water partition coefficient (Wildman–Crippen LogP) is 4.77. The van der Waals surface area contributed by atoms with Crippen molar-refractivity contribution < 1.29 is 0 Å². The second kappa shape index (κ2) is 7.46. The quantitative estimate of drug-likeness (QED) is 0.764. The molecule has 21 heavy (non-hydrogen) atoms. The Morgan fingerprint density at radius 3 is 2.57 bits per heavy atom. The van der Waals surface area contributed by atoms with Crippen molar-refractivity contribution in [3.8, 4) is 0 Å².